The number of nitrogens with one attached hydrogen (secondary N) is 1. The van der Waals surface area contributed by atoms with Crippen molar-refractivity contribution in [3.05, 3.63) is 90.1 Å². The maximum atomic E-state index is 11.7. The van der Waals surface area contributed by atoms with Crippen LogP contribution in [0.25, 0.3) is 10.9 Å². The molecule has 0 amide bonds. The SMILES string of the molecule is CCOC(=O)CCC1(C)Nc2ccc(OCc3cccc(OCc4ccc5ccccc5n4)c3)cc2O1. The molecule has 37 heavy (non-hydrogen) atoms. The molecule has 0 saturated heterocycles. The Kier molecular flexibility index (Phi) is 7.12. The van der Waals surface area contributed by atoms with Crippen LogP contribution >= 0.6 is 0 Å². The smallest absolute Gasteiger partial charge is 0.306 e. The van der Waals surface area contributed by atoms with Crippen LogP contribution in [0.3, 0.4) is 0 Å². The van der Waals surface area contributed by atoms with Gasteiger partial charge in [-0.05, 0) is 55.8 Å². The molecule has 7 heteroatoms. The van der Waals surface area contributed by atoms with Gasteiger partial charge >= 0.3 is 5.97 Å². The molecule has 0 fully saturated rings. The number of carbonyl (C=O) groups is 1. The number of nitrogens with zero attached hydrogens (tertiary/aromatic N) is 1. The summed E-state index contributed by atoms with van der Waals surface area (Å²) in [6.07, 6.45) is 0.780. The summed E-state index contributed by atoms with van der Waals surface area (Å²) < 4.78 is 23.2. The van der Waals surface area contributed by atoms with Crippen molar-refractivity contribution >= 4 is 22.6 Å². The van der Waals surface area contributed by atoms with Crippen LogP contribution in [0.2, 0.25) is 0 Å². The Hall–Kier alpha value is -4.26. The Morgan fingerprint density at radius 3 is 2.68 bits per heavy atom. The Bertz CT molecular complexity index is 1410. The van der Waals surface area contributed by atoms with Crippen LogP contribution in [0.15, 0.2) is 78.9 Å². The van der Waals surface area contributed by atoms with Gasteiger partial charge in [-0.2, -0.15) is 0 Å². The number of hydrogen-bond donors (Lipinski definition) is 1. The Balaban J connectivity index is 1.16. The summed E-state index contributed by atoms with van der Waals surface area (Å²) in [4.78, 5) is 16.4. The minimum absolute atomic E-state index is 0.228. The van der Waals surface area contributed by atoms with E-state index in [0.29, 0.717) is 37.7 Å². The van der Waals surface area contributed by atoms with Gasteiger partial charge in [0.25, 0.3) is 0 Å². The molecule has 1 aliphatic heterocycles. The highest BCUT2D eigenvalue weighted by Crippen LogP contribution is 2.41. The molecule has 1 N–H and O–H groups in total. The lowest BCUT2D eigenvalue weighted by Gasteiger charge is -2.24. The number of anilines is 1. The maximum absolute atomic E-state index is 11.7. The number of fused-ring (bicyclic) bond motifs is 2. The van der Waals surface area contributed by atoms with Crippen molar-refractivity contribution in [3.8, 4) is 17.2 Å². The molecule has 5 rings (SSSR count). The lowest BCUT2D eigenvalue weighted by atomic mass is 10.1. The molecule has 4 aromatic rings. The van der Waals surface area contributed by atoms with Gasteiger partial charge in [0.1, 0.15) is 30.5 Å². The highest BCUT2D eigenvalue weighted by atomic mass is 16.5. The summed E-state index contributed by atoms with van der Waals surface area (Å²) in [5.41, 5.74) is 3.03. The summed E-state index contributed by atoms with van der Waals surface area (Å²) in [5.74, 6) is 1.93. The molecule has 1 unspecified atom stereocenters. The van der Waals surface area contributed by atoms with E-state index in [0.717, 1.165) is 33.6 Å². The topological polar surface area (TPSA) is 78.9 Å². The van der Waals surface area contributed by atoms with Crippen LogP contribution in [-0.2, 0) is 22.7 Å². The average Bonchev–Trinajstić information content (AvgIpc) is 3.25. The quantitative estimate of drug-likeness (QED) is 0.259. The van der Waals surface area contributed by atoms with Crippen molar-refractivity contribution in [1.82, 2.24) is 4.98 Å². The third-order valence-electron chi connectivity index (χ3n) is 6.15. The molecule has 190 valence electrons. The summed E-state index contributed by atoms with van der Waals surface area (Å²) in [7, 11) is 0. The molecule has 1 aromatic heterocycles. The van der Waals surface area contributed by atoms with Gasteiger partial charge in [0.05, 0.1) is 29.9 Å². The van der Waals surface area contributed by atoms with E-state index in [4.69, 9.17) is 18.9 Å². The summed E-state index contributed by atoms with van der Waals surface area (Å²) >= 11 is 0. The molecule has 3 aromatic carbocycles. The second kappa shape index (κ2) is 10.8. The molecule has 1 aliphatic rings. The third kappa shape index (κ3) is 6.12. The lowest BCUT2D eigenvalue weighted by molar-refractivity contribution is -0.144. The van der Waals surface area contributed by atoms with Gasteiger partial charge in [-0.3, -0.25) is 4.79 Å². The molecule has 0 spiro atoms. The minimum atomic E-state index is -0.667. The number of aromatic nitrogens is 1. The first-order chi connectivity index (χ1) is 18.0. The number of hydrogen-bond acceptors (Lipinski definition) is 7. The molecule has 0 saturated carbocycles. The number of rotatable bonds is 10. The van der Waals surface area contributed by atoms with Crippen molar-refractivity contribution in [2.45, 2.75) is 45.6 Å². The van der Waals surface area contributed by atoms with E-state index >= 15 is 0 Å². The second-order valence-electron chi connectivity index (χ2n) is 9.14. The summed E-state index contributed by atoms with van der Waals surface area (Å²) in [6.45, 7) is 4.87. The van der Waals surface area contributed by atoms with Crippen molar-refractivity contribution in [1.29, 1.82) is 0 Å². The van der Waals surface area contributed by atoms with Gasteiger partial charge in [0.15, 0.2) is 5.72 Å². The highest BCUT2D eigenvalue weighted by molar-refractivity contribution is 5.78. The van der Waals surface area contributed by atoms with E-state index in [9.17, 15) is 4.79 Å². The number of para-hydroxylation sites is 1. The van der Waals surface area contributed by atoms with E-state index in [1.54, 1.807) is 6.92 Å². The number of ether oxygens (including phenoxy) is 4. The average molecular weight is 499 g/mol. The molecule has 0 aliphatic carbocycles. The van der Waals surface area contributed by atoms with Crippen molar-refractivity contribution in [2.75, 3.05) is 11.9 Å². The zero-order chi connectivity index (χ0) is 25.7. The molecular weight excluding hydrogens is 468 g/mol. The van der Waals surface area contributed by atoms with E-state index in [1.165, 1.54) is 0 Å². The lowest BCUT2D eigenvalue weighted by Crippen LogP contribution is -2.37. The van der Waals surface area contributed by atoms with Crippen molar-refractivity contribution in [2.24, 2.45) is 0 Å². The van der Waals surface area contributed by atoms with Crippen LogP contribution in [0, 0.1) is 0 Å². The Morgan fingerprint density at radius 2 is 1.78 bits per heavy atom. The summed E-state index contributed by atoms with van der Waals surface area (Å²) in [6, 6.07) is 25.6. The monoisotopic (exact) mass is 498 g/mol. The molecule has 0 radical (unpaired) electrons. The molecule has 0 bridgehead atoms. The first-order valence-corrected chi connectivity index (χ1v) is 12.5. The Morgan fingerprint density at radius 1 is 0.946 bits per heavy atom. The van der Waals surface area contributed by atoms with Gasteiger partial charge in [-0.1, -0.05) is 36.4 Å². The van der Waals surface area contributed by atoms with Gasteiger partial charge in [-0.25, -0.2) is 4.98 Å². The standard InChI is InChI=1S/C30H30N2O5/c1-3-34-29(33)15-16-30(2)32-27-14-13-25(18-28(27)37-30)35-19-21-7-6-9-24(17-21)36-20-23-12-11-22-8-4-5-10-26(22)31-23/h4-14,17-18,32H,3,15-16,19-20H2,1-2H3. The number of pyridine rings is 1. The van der Waals surface area contributed by atoms with Gasteiger partial charge < -0.3 is 24.3 Å². The first-order valence-electron chi connectivity index (χ1n) is 12.5. The third-order valence-corrected chi connectivity index (χ3v) is 6.15. The van der Waals surface area contributed by atoms with Crippen LogP contribution in [0.4, 0.5) is 5.69 Å². The van der Waals surface area contributed by atoms with Crippen molar-refractivity contribution < 1.29 is 23.7 Å². The van der Waals surface area contributed by atoms with E-state index in [-0.39, 0.29) is 12.4 Å². The van der Waals surface area contributed by atoms with Gasteiger partial charge in [0, 0.05) is 17.9 Å². The van der Waals surface area contributed by atoms with Gasteiger partial charge in [0.2, 0.25) is 0 Å². The van der Waals surface area contributed by atoms with E-state index in [1.807, 2.05) is 79.7 Å². The predicted molar refractivity (Wildman–Crippen MR) is 142 cm³/mol. The van der Waals surface area contributed by atoms with E-state index in [2.05, 4.69) is 16.4 Å². The largest absolute Gasteiger partial charge is 0.489 e. The number of benzene rings is 3. The predicted octanol–water partition coefficient (Wildman–Crippen LogP) is 6.26. The molecular formula is C30H30N2O5. The number of carbonyl (C=O) groups excluding carboxylic acids is 1. The fourth-order valence-corrected chi connectivity index (χ4v) is 4.26. The first kappa shape index (κ1) is 24.4. The molecule has 2 heterocycles. The maximum Gasteiger partial charge on any atom is 0.306 e. The fraction of sp³-hybridized carbons (Fsp3) is 0.267. The minimum Gasteiger partial charge on any atom is -0.489 e. The number of esters is 1. The van der Waals surface area contributed by atoms with E-state index < -0.39 is 5.72 Å². The van der Waals surface area contributed by atoms with Crippen LogP contribution < -0.4 is 19.5 Å². The second-order valence-corrected chi connectivity index (χ2v) is 9.14. The fourth-order valence-electron chi connectivity index (χ4n) is 4.26. The molecule has 1 atom stereocenters. The summed E-state index contributed by atoms with van der Waals surface area (Å²) in [5, 5.41) is 4.46. The zero-order valence-corrected chi connectivity index (χ0v) is 21.0. The van der Waals surface area contributed by atoms with Crippen LogP contribution in [-0.4, -0.2) is 23.3 Å². The normalized spacial score (nSPS) is 15.9. The van der Waals surface area contributed by atoms with Gasteiger partial charge in [-0.15, -0.1) is 0 Å². The zero-order valence-electron chi connectivity index (χ0n) is 21.0. The highest BCUT2D eigenvalue weighted by Gasteiger charge is 2.34. The Labute approximate surface area is 216 Å². The molecule has 7 nitrogen and oxygen atoms in total. The van der Waals surface area contributed by atoms with Crippen LogP contribution in [0.5, 0.6) is 17.2 Å². The van der Waals surface area contributed by atoms with Crippen LogP contribution in [0.1, 0.15) is 37.9 Å². The van der Waals surface area contributed by atoms with Crippen molar-refractivity contribution in [3.63, 3.8) is 0 Å².